The van der Waals surface area contributed by atoms with Gasteiger partial charge in [-0.25, -0.2) is 0 Å². The van der Waals surface area contributed by atoms with Crippen molar-refractivity contribution in [2.24, 2.45) is 0 Å². The van der Waals surface area contributed by atoms with Gasteiger partial charge in [0.1, 0.15) is 0 Å². The van der Waals surface area contributed by atoms with E-state index in [0.29, 0.717) is 0 Å². The van der Waals surface area contributed by atoms with Gasteiger partial charge in [0, 0.05) is 18.5 Å². The molecule has 0 bridgehead atoms. The lowest BCUT2D eigenvalue weighted by Crippen LogP contribution is -2.37. The van der Waals surface area contributed by atoms with Crippen molar-refractivity contribution in [3.05, 3.63) is 29.8 Å². The third kappa shape index (κ3) is 4.22. The molecule has 86 valence electrons. The van der Waals surface area contributed by atoms with Crippen molar-refractivity contribution in [3.8, 4) is 11.8 Å². The van der Waals surface area contributed by atoms with Crippen molar-refractivity contribution < 1.29 is 0 Å². The molecule has 16 heavy (non-hydrogen) atoms. The summed E-state index contributed by atoms with van der Waals surface area (Å²) in [5.74, 6) is 6.41. The SMILES string of the molecule is CNCCC#Cc1cccc([Si](C)(C)C)c1. The molecule has 1 N–H and O–H groups in total. The molecule has 1 aromatic carbocycles. The molecule has 0 saturated heterocycles. The van der Waals surface area contributed by atoms with Gasteiger partial charge in [-0.1, -0.05) is 48.8 Å². The number of rotatable bonds is 3. The molecular weight excluding hydrogens is 210 g/mol. The highest BCUT2D eigenvalue weighted by Gasteiger charge is 2.15. The molecule has 1 nitrogen and oxygen atoms in total. The van der Waals surface area contributed by atoms with Crippen LogP contribution >= 0.6 is 0 Å². The van der Waals surface area contributed by atoms with Gasteiger partial charge in [0.2, 0.25) is 0 Å². The maximum atomic E-state index is 3.22. The van der Waals surface area contributed by atoms with E-state index in [9.17, 15) is 0 Å². The second-order valence-corrected chi connectivity index (χ2v) is 10.1. The minimum Gasteiger partial charge on any atom is -0.319 e. The monoisotopic (exact) mass is 231 g/mol. The summed E-state index contributed by atoms with van der Waals surface area (Å²) in [6.07, 6.45) is 0.910. The average molecular weight is 231 g/mol. The van der Waals surface area contributed by atoms with E-state index < -0.39 is 8.07 Å². The van der Waals surface area contributed by atoms with E-state index in [-0.39, 0.29) is 0 Å². The van der Waals surface area contributed by atoms with Crippen LogP contribution in [0.25, 0.3) is 0 Å². The van der Waals surface area contributed by atoms with Crippen LogP contribution in [0.3, 0.4) is 0 Å². The predicted octanol–water partition coefficient (Wildman–Crippen LogP) is 2.19. The number of hydrogen-bond acceptors (Lipinski definition) is 1. The zero-order valence-corrected chi connectivity index (χ0v) is 11.7. The summed E-state index contributed by atoms with van der Waals surface area (Å²) in [7, 11) is 0.753. The first kappa shape index (κ1) is 13.0. The molecular formula is C14H21NSi. The van der Waals surface area contributed by atoms with Gasteiger partial charge >= 0.3 is 0 Å². The molecule has 0 unspecified atom stereocenters. The number of hydrogen-bond donors (Lipinski definition) is 1. The largest absolute Gasteiger partial charge is 0.319 e. The second-order valence-electron chi connectivity index (χ2n) is 4.99. The van der Waals surface area contributed by atoms with Crippen molar-refractivity contribution in [2.75, 3.05) is 13.6 Å². The molecule has 2 heteroatoms. The molecule has 1 rings (SSSR count). The molecule has 0 aliphatic heterocycles. The predicted molar refractivity (Wildman–Crippen MR) is 74.8 cm³/mol. The third-order valence-corrected chi connectivity index (χ3v) is 4.50. The van der Waals surface area contributed by atoms with E-state index in [4.69, 9.17) is 0 Å². The average Bonchev–Trinajstić information content (AvgIpc) is 2.24. The molecule has 0 fully saturated rings. The Labute approximate surface area is 100 Å². The summed E-state index contributed by atoms with van der Waals surface area (Å²) in [6, 6.07) is 8.69. The summed E-state index contributed by atoms with van der Waals surface area (Å²) in [5.41, 5.74) is 1.15. The van der Waals surface area contributed by atoms with Crippen molar-refractivity contribution in [3.63, 3.8) is 0 Å². The quantitative estimate of drug-likeness (QED) is 0.478. The van der Waals surface area contributed by atoms with E-state index >= 15 is 0 Å². The summed E-state index contributed by atoms with van der Waals surface area (Å²) in [5, 5.41) is 4.57. The van der Waals surface area contributed by atoms with E-state index in [1.165, 1.54) is 5.19 Å². The Balaban J connectivity index is 2.78. The van der Waals surface area contributed by atoms with Gasteiger partial charge in [0.25, 0.3) is 0 Å². The van der Waals surface area contributed by atoms with E-state index in [1.807, 2.05) is 7.05 Å². The Kier molecular flexibility index (Phi) is 4.79. The van der Waals surface area contributed by atoms with Crippen LogP contribution in [-0.4, -0.2) is 21.7 Å². The lowest BCUT2D eigenvalue weighted by Gasteiger charge is -2.16. The van der Waals surface area contributed by atoms with Crippen LogP contribution < -0.4 is 10.5 Å². The van der Waals surface area contributed by atoms with Gasteiger partial charge in [-0.15, -0.1) is 0 Å². The van der Waals surface area contributed by atoms with Gasteiger partial charge in [0.15, 0.2) is 0 Å². The van der Waals surface area contributed by atoms with Gasteiger partial charge in [0.05, 0.1) is 8.07 Å². The molecule has 0 saturated carbocycles. The topological polar surface area (TPSA) is 12.0 Å². The summed E-state index contributed by atoms with van der Waals surface area (Å²) in [6.45, 7) is 8.04. The third-order valence-electron chi connectivity index (χ3n) is 2.46. The summed E-state index contributed by atoms with van der Waals surface area (Å²) in [4.78, 5) is 0. The van der Waals surface area contributed by atoms with Crippen LogP contribution in [0.5, 0.6) is 0 Å². The van der Waals surface area contributed by atoms with Crippen molar-refractivity contribution in [2.45, 2.75) is 26.1 Å². The highest BCUT2D eigenvalue weighted by Crippen LogP contribution is 2.04. The van der Waals surface area contributed by atoms with Crippen LogP contribution in [0.2, 0.25) is 19.6 Å². The van der Waals surface area contributed by atoms with Crippen LogP contribution in [-0.2, 0) is 0 Å². The number of benzene rings is 1. The van der Waals surface area contributed by atoms with Crippen molar-refractivity contribution in [1.29, 1.82) is 0 Å². The van der Waals surface area contributed by atoms with Gasteiger partial charge in [-0.2, -0.15) is 0 Å². The maximum absolute atomic E-state index is 3.22. The summed E-state index contributed by atoms with van der Waals surface area (Å²) < 4.78 is 0. The maximum Gasteiger partial charge on any atom is 0.0776 e. The fourth-order valence-corrected chi connectivity index (χ4v) is 2.60. The summed E-state index contributed by atoms with van der Waals surface area (Å²) >= 11 is 0. The lowest BCUT2D eigenvalue weighted by atomic mass is 10.2. The minimum atomic E-state index is -1.20. The fraction of sp³-hybridized carbons (Fsp3) is 0.429. The van der Waals surface area contributed by atoms with Crippen molar-refractivity contribution in [1.82, 2.24) is 5.32 Å². The first-order chi connectivity index (χ1) is 7.54. The number of nitrogens with one attached hydrogen (secondary N) is 1. The Morgan fingerprint density at radius 3 is 2.62 bits per heavy atom. The minimum absolute atomic E-state index is 0.910. The Hall–Kier alpha value is -1.04. The van der Waals surface area contributed by atoms with Crippen LogP contribution in [0.15, 0.2) is 24.3 Å². The van der Waals surface area contributed by atoms with Gasteiger partial charge < -0.3 is 5.32 Å². The van der Waals surface area contributed by atoms with E-state index in [2.05, 4.69) is 61.1 Å². The highest BCUT2D eigenvalue weighted by atomic mass is 28.3. The van der Waals surface area contributed by atoms with Crippen LogP contribution in [0.1, 0.15) is 12.0 Å². The standard InChI is InChI=1S/C14H21NSi/c1-15-11-6-5-8-13-9-7-10-14(12-13)16(2,3)4/h7,9-10,12,15H,6,11H2,1-4H3. The molecule has 0 aliphatic carbocycles. The Morgan fingerprint density at radius 2 is 2.00 bits per heavy atom. The molecule has 0 aromatic heterocycles. The Morgan fingerprint density at radius 1 is 1.25 bits per heavy atom. The lowest BCUT2D eigenvalue weighted by molar-refractivity contribution is 0.818. The molecule has 0 radical (unpaired) electrons. The normalized spacial score (nSPS) is 10.8. The van der Waals surface area contributed by atoms with E-state index in [0.717, 1.165) is 18.5 Å². The zero-order valence-electron chi connectivity index (χ0n) is 10.7. The second kappa shape index (κ2) is 5.88. The van der Waals surface area contributed by atoms with Crippen LogP contribution in [0, 0.1) is 11.8 Å². The smallest absolute Gasteiger partial charge is 0.0776 e. The fourth-order valence-electron chi connectivity index (χ4n) is 1.42. The molecule has 0 spiro atoms. The molecule has 1 aromatic rings. The van der Waals surface area contributed by atoms with E-state index in [1.54, 1.807) is 0 Å². The zero-order chi connectivity index (χ0) is 12.0. The molecule has 0 heterocycles. The van der Waals surface area contributed by atoms with Crippen LogP contribution in [0.4, 0.5) is 0 Å². The molecule has 0 atom stereocenters. The van der Waals surface area contributed by atoms with Gasteiger partial charge in [-0.3, -0.25) is 0 Å². The first-order valence-corrected chi connectivity index (χ1v) is 9.28. The Bertz CT molecular complexity index is 393. The molecule has 0 amide bonds. The van der Waals surface area contributed by atoms with Crippen molar-refractivity contribution >= 4 is 13.3 Å². The molecule has 0 aliphatic rings. The highest BCUT2D eigenvalue weighted by molar-refractivity contribution is 6.88. The first-order valence-electron chi connectivity index (χ1n) is 5.78. The van der Waals surface area contributed by atoms with Gasteiger partial charge in [-0.05, 0) is 19.2 Å².